The molecular formula is C14H25N3O2S. The van der Waals surface area contributed by atoms with E-state index in [4.69, 9.17) is 0 Å². The molecular weight excluding hydrogens is 274 g/mol. The quantitative estimate of drug-likeness (QED) is 0.851. The number of sulfone groups is 1. The summed E-state index contributed by atoms with van der Waals surface area (Å²) in [6, 6.07) is 0.421. The highest BCUT2D eigenvalue weighted by atomic mass is 32.2. The highest BCUT2D eigenvalue weighted by molar-refractivity contribution is 7.91. The molecule has 5 nitrogen and oxygen atoms in total. The Balaban J connectivity index is 2.04. The van der Waals surface area contributed by atoms with Gasteiger partial charge in [0.25, 0.3) is 0 Å². The van der Waals surface area contributed by atoms with Crippen LogP contribution in [0, 0.1) is 11.8 Å². The van der Waals surface area contributed by atoms with Crippen molar-refractivity contribution in [2.24, 2.45) is 18.9 Å². The lowest BCUT2D eigenvalue weighted by atomic mass is 9.87. The SMILES string of the molecule is CC(C)NCC(Cc1cnn(C)c1)C1CCS(=O)(=O)C1. The summed E-state index contributed by atoms with van der Waals surface area (Å²) >= 11 is 0. The second-order valence-electron chi connectivity index (χ2n) is 6.21. The number of aryl methyl sites for hydroxylation is 1. The molecule has 1 aromatic heterocycles. The molecule has 114 valence electrons. The Hall–Kier alpha value is -0.880. The lowest BCUT2D eigenvalue weighted by Gasteiger charge is -2.23. The van der Waals surface area contributed by atoms with Crippen LogP contribution in [0.25, 0.3) is 0 Å². The molecule has 0 radical (unpaired) electrons. The van der Waals surface area contributed by atoms with E-state index in [1.807, 2.05) is 19.4 Å². The van der Waals surface area contributed by atoms with Crippen LogP contribution in [0.1, 0.15) is 25.8 Å². The minimum atomic E-state index is -2.81. The van der Waals surface area contributed by atoms with Crippen LogP contribution >= 0.6 is 0 Å². The van der Waals surface area contributed by atoms with Crippen molar-refractivity contribution in [3.8, 4) is 0 Å². The highest BCUT2D eigenvalue weighted by Gasteiger charge is 2.33. The predicted octanol–water partition coefficient (Wildman–Crippen LogP) is 1.01. The van der Waals surface area contributed by atoms with Crippen molar-refractivity contribution in [2.45, 2.75) is 32.7 Å². The average molecular weight is 299 g/mol. The zero-order chi connectivity index (χ0) is 14.8. The van der Waals surface area contributed by atoms with Crippen LogP contribution in [-0.4, -0.2) is 42.3 Å². The molecule has 2 heterocycles. The number of rotatable bonds is 6. The van der Waals surface area contributed by atoms with Gasteiger partial charge in [-0.25, -0.2) is 8.42 Å². The number of hydrogen-bond donors (Lipinski definition) is 1. The Morgan fingerprint density at radius 3 is 2.75 bits per heavy atom. The van der Waals surface area contributed by atoms with E-state index in [0.717, 1.165) is 19.4 Å². The van der Waals surface area contributed by atoms with Gasteiger partial charge in [0.2, 0.25) is 0 Å². The van der Waals surface area contributed by atoms with Crippen molar-refractivity contribution in [3.05, 3.63) is 18.0 Å². The second kappa shape index (κ2) is 6.26. The van der Waals surface area contributed by atoms with Gasteiger partial charge >= 0.3 is 0 Å². The summed E-state index contributed by atoms with van der Waals surface area (Å²) in [6.45, 7) is 5.10. The standard InChI is InChI=1S/C14H25N3O2S/c1-11(2)15-8-14(6-12-7-16-17(3)9-12)13-4-5-20(18,19)10-13/h7,9,11,13-15H,4-6,8,10H2,1-3H3. The summed E-state index contributed by atoms with van der Waals surface area (Å²) in [5, 5.41) is 7.65. The summed E-state index contributed by atoms with van der Waals surface area (Å²) < 4.78 is 25.2. The molecule has 2 unspecified atom stereocenters. The molecule has 0 bridgehead atoms. The van der Waals surface area contributed by atoms with E-state index in [1.54, 1.807) is 4.68 Å². The number of hydrogen-bond acceptors (Lipinski definition) is 4. The Morgan fingerprint density at radius 1 is 1.50 bits per heavy atom. The van der Waals surface area contributed by atoms with Gasteiger partial charge in [-0.2, -0.15) is 5.10 Å². The Bertz CT molecular complexity index is 536. The first-order valence-electron chi connectivity index (χ1n) is 7.27. The molecule has 2 atom stereocenters. The highest BCUT2D eigenvalue weighted by Crippen LogP contribution is 2.28. The fraction of sp³-hybridized carbons (Fsp3) is 0.786. The van der Waals surface area contributed by atoms with Crippen LogP contribution in [0.4, 0.5) is 0 Å². The van der Waals surface area contributed by atoms with Gasteiger partial charge in [-0.05, 0) is 36.8 Å². The topological polar surface area (TPSA) is 64.0 Å². The predicted molar refractivity (Wildman–Crippen MR) is 80.3 cm³/mol. The van der Waals surface area contributed by atoms with Gasteiger partial charge < -0.3 is 5.32 Å². The largest absolute Gasteiger partial charge is 0.314 e. The molecule has 1 aliphatic heterocycles. The minimum Gasteiger partial charge on any atom is -0.314 e. The lowest BCUT2D eigenvalue weighted by molar-refractivity contribution is 0.333. The van der Waals surface area contributed by atoms with Crippen molar-refractivity contribution in [1.82, 2.24) is 15.1 Å². The summed E-state index contributed by atoms with van der Waals surface area (Å²) in [6.07, 6.45) is 5.60. The van der Waals surface area contributed by atoms with Gasteiger partial charge in [-0.15, -0.1) is 0 Å². The molecule has 0 saturated carbocycles. The monoisotopic (exact) mass is 299 g/mol. The fourth-order valence-corrected chi connectivity index (χ4v) is 4.79. The van der Waals surface area contributed by atoms with Gasteiger partial charge in [-0.3, -0.25) is 4.68 Å². The first-order chi connectivity index (χ1) is 9.35. The Labute approximate surface area is 121 Å². The molecule has 1 aromatic rings. The molecule has 6 heteroatoms. The zero-order valence-corrected chi connectivity index (χ0v) is 13.4. The second-order valence-corrected chi connectivity index (χ2v) is 8.44. The molecule has 0 amide bonds. The van der Waals surface area contributed by atoms with E-state index in [-0.39, 0.29) is 5.92 Å². The molecule has 2 rings (SSSR count). The van der Waals surface area contributed by atoms with E-state index in [9.17, 15) is 8.42 Å². The van der Waals surface area contributed by atoms with Crippen LogP contribution in [0.2, 0.25) is 0 Å². The Kier molecular flexibility index (Phi) is 4.86. The summed E-state index contributed by atoms with van der Waals surface area (Å²) in [5.41, 5.74) is 1.19. The summed E-state index contributed by atoms with van der Waals surface area (Å²) in [4.78, 5) is 0. The maximum atomic E-state index is 11.7. The van der Waals surface area contributed by atoms with Crippen LogP contribution < -0.4 is 5.32 Å². The maximum absolute atomic E-state index is 11.7. The van der Waals surface area contributed by atoms with Gasteiger partial charge in [0.1, 0.15) is 0 Å². The van der Waals surface area contributed by atoms with E-state index < -0.39 is 9.84 Å². The lowest BCUT2D eigenvalue weighted by Crippen LogP contribution is -2.34. The molecule has 20 heavy (non-hydrogen) atoms. The van der Waals surface area contributed by atoms with Gasteiger partial charge in [0, 0.05) is 19.3 Å². The van der Waals surface area contributed by atoms with E-state index >= 15 is 0 Å². The first kappa shape index (κ1) is 15.5. The molecule has 0 spiro atoms. The summed E-state index contributed by atoms with van der Waals surface area (Å²) in [7, 11) is -0.907. The van der Waals surface area contributed by atoms with E-state index in [0.29, 0.717) is 23.5 Å². The number of nitrogens with one attached hydrogen (secondary N) is 1. The van der Waals surface area contributed by atoms with Crippen molar-refractivity contribution < 1.29 is 8.42 Å². The van der Waals surface area contributed by atoms with Gasteiger partial charge in [-0.1, -0.05) is 13.8 Å². The zero-order valence-electron chi connectivity index (χ0n) is 12.5. The molecule has 1 fully saturated rings. The summed E-state index contributed by atoms with van der Waals surface area (Å²) in [5.74, 6) is 1.32. The van der Waals surface area contributed by atoms with Crippen molar-refractivity contribution in [3.63, 3.8) is 0 Å². The molecule has 1 aliphatic rings. The molecule has 0 aromatic carbocycles. The van der Waals surface area contributed by atoms with Gasteiger partial charge in [0.05, 0.1) is 17.7 Å². The third-order valence-corrected chi connectivity index (χ3v) is 5.77. The molecule has 0 aliphatic carbocycles. The normalized spacial score (nSPS) is 23.3. The first-order valence-corrected chi connectivity index (χ1v) is 9.09. The smallest absolute Gasteiger partial charge is 0.150 e. The minimum absolute atomic E-state index is 0.270. The van der Waals surface area contributed by atoms with Crippen molar-refractivity contribution in [2.75, 3.05) is 18.1 Å². The average Bonchev–Trinajstić information content (AvgIpc) is 2.90. The van der Waals surface area contributed by atoms with E-state index in [2.05, 4.69) is 24.3 Å². The van der Waals surface area contributed by atoms with Crippen LogP contribution in [0.15, 0.2) is 12.4 Å². The van der Waals surface area contributed by atoms with E-state index in [1.165, 1.54) is 5.56 Å². The third kappa shape index (κ3) is 4.31. The van der Waals surface area contributed by atoms with Crippen LogP contribution in [-0.2, 0) is 23.3 Å². The Morgan fingerprint density at radius 2 is 2.25 bits per heavy atom. The third-order valence-electron chi connectivity index (χ3n) is 3.98. The number of aromatic nitrogens is 2. The number of nitrogens with zero attached hydrogens (tertiary/aromatic N) is 2. The van der Waals surface area contributed by atoms with Gasteiger partial charge in [0.15, 0.2) is 9.84 Å². The molecule has 1 saturated heterocycles. The van der Waals surface area contributed by atoms with Crippen LogP contribution in [0.3, 0.4) is 0 Å². The molecule has 1 N–H and O–H groups in total. The van der Waals surface area contributed by atoms with Crippen molar-refractivity contribution in [1.29, 1.82) is 0 Å². The maximum Gasteiger partial charge on any atom is 0.150 e. The fourth-order valence-electron chi connectivity index (χ4n) is 2.87. The van der Waals surface area contributed by atoms with Crippen LogP contribution in [0.5, 0.6) is 0 Å². The van der Waals surface area contributed by atoms with Crippen molar-refractivity contribution >= 4 is 9.84 Å².